The van der Waals surface area contributed by atoms with Gasteiger partial charge in [-0.05, 0) is 30.2 Å². The molecule has 0 spiro atoms. The lowest BCUT2D eigenvalue weighted by Gasteiger charge is -2.37. The number of nitrogens with two attached hydrogens (primary N) is 1. The van der Waals surface area contributed by atoms with Crippen LogP contribution in [0.2, 0.25) is 0 Å². The van der Waals surface area contributed by atoms with Crippen molar-refractivity contribution in [3.05, 3.63) is 12.4 Å². The second kappa shape index (κ2) is 3.92. The number of piperidine rings is 1. The average molecular weight is 233 g/mol. The number of hydrogen-bond donors (Lipinski definition) is 1. The summed E-state index contributed by atoms with van der Waals surface area (Å²) >= 11 is 0. The highest BCUT2D eigenvalue weighted by Crippen LogP contribution is 2.23. The van der Waals surface area contributed by atoms with Crippen LogP contribution in [0.4, 0.5) is 5.82 Å². The fourth-order valence-corrected chi connectivity index (χ4v) is 2.41. The third kappa shape index (κ3) is 1.72. The van der Waals surface area contributed by atoms with Crippen LogP contribution in [0.25, 0.3) is 5.65 Å². The molecule has 2 aromatic rings. The van der Waals surface area contributed by atoms with E-state index in [1.807, 2.05) is 0 Å². The summed E-state index contributed by atoms with van der Waals surface area (Å²) in [6.45, 7) is 3.09. The summed E-state index contributed by atoms with van der Waals surface area (Å²) in [5.41, 5.74) is 6.64. The van der Waals surface area contributed by atoms with E-state index in [0.717, 1.165) is 25.2 Å². The molecule has 3 rings (SSSR count). The first-order valence-corrected chi connectivity index (χ1v) is 5.80. The molecule has 1 saturated heterocycles. The monoisotopic (exact) mass is 233 g/mol. The maximum Gasteiger partial charge on any atom is 0.199 e. The topological polar surface area (TPSA) is 85.2 Å². The number of anilines is 1. The summed E-state index contributed by atoms with van der Waals surface area (Å²) in [5.74, 6) is 0.937. The minimum Gasteiger partial charge on any atom is -0.352 e. The number of tetrazole rings is 1. The van der Waals surface area contributed by atoms with Gasteiger partial charge in [0.1, 0.15) is 0 Å². The molecule has 17 heavy (non-hydrogen) atoms. The number of rotatable bonds is 1. The first kappa shape index (κ1) is 10.4. The molecule has 2 unspecified atom stereocenters. The van der Waals surface area contributed by atoms with Gasteiger partial charge in [-0.3, -0.25) is 4.98 Å². The highest BCUT2D eigenvalue weighted by molar-refractivity contribution is 5.47. The number of hydrogen-bond acceptors (Lipinski definition) is 6. The summed E-state index contributed by atoms with van der Waals surface area (Å²) < 4.78 is 1.72. The van der Waals surface area contributed by atoms with Crippen molar-refractivity contribution in [1.29, 1.82) is 0 Å². The molecule has 1 fully saturated rings. The molecule has 2 atom stereocenters. The van der Waals surface area contributed by atoms with Gasteiger partial charge in [0.25, 0.3) is 0 Å². The van der Waals surface area contributed by atoms with E-state index in [1.165, 1.54) is 0 Å². The Kier molecular flexibility index (Phi) is 2.40. The van der Waals surface area contributed by atoms with Gasteiger partial charge in [0.2, 0.25) is 0 Å². The molecule has 0 aliphatic carbocycles. The van der Waals surface area contributed by atoms with Crippen molar-refractivity contribution in [2.24, 2.45) is 5.73 Å². The Morgan fingerprint density at radius 1 is 1.41 bits per heavy atom. The van der Waals surface area contributed by atoms with E-state index in [-0.39, 0.29) is 0 Å². The summed E-state index contributed by atoms with van der Waals surface area (Å²) in [5, 5.41) is 11.6. The van der Waals surface area contributed by atoms with Gasteiger partial charge in [0.05, 0.1) is 12.4 Å². The smallest absolute Gasteiger partial charge is 0.199 e. The predicted octanol–water partition coefficient (Wildman–Crippen LogP) is -0.165. The van der Waals surface area contributed by atoms with Crippen LogP contribution in [-0.4, -0.2) is 43.7 Å². The Morgan fingerprint density at radius 2 is 2.29 bits per heavy atom. The molecule has 1 aliphatic rings. The lowest BCUT2D eigenvalue weighted by molar-refractivity contribution is 0.424. The van der Waals surface area contributed by atoms with Crippen molar-refractivity contribution in [2.75, 3.05) is 11.4 Å². The first-order valence-electron chi connectivity index (χ1n) is 5.80. The molecule has 7 nitrogen and oxygen atoms in total. The van der Waals surface area contributed by atoms with Crippen molar-refractivity contribution in [1.82, 2.24) is 25.0 Å². The van der Waals surface area contributed by atoms with E-state index in [2.05, 4.69) is 32.3 Å². The highest BCUT2D eigenvalue weighted by Gasteiger charge is 2.25. The Labute approximate surface area is 98.6 Å². The second-order valence-corrected chi connectivity index (χ2v) is 4.54. The van der Waals surface area contributed by atoms with Gasteiger partial charge in [-0.2, -0.15) is 4.52 Å². The van der Waals surface area contributed by atoms with Crippen LogP contribution in [0.15, 0.2) is 12.4 Å². The van der Waals surface area contributed by atoms with Crippen LogP contribution >= 0.6 is 0 Å². The number of aromatic nitrogens is 5. The van der Waals surface area contributed by atoms with Crippen LogP contribution in [0.1, 0.15) is 19.8 Å². The van der Waals surface area contributed by atoms with Crippen molar-refractivity contribution in [3.8, 4) is 0 Å². The zero-order valence-electron chi connectivity index (χ0n) is 9.69. The van der Waals surface area contributed by atoms with Gasteiger partial charge < -0.3 is 10.6 Å². The van der Waals surface area contributed by atoms with E-state index in [1.54, 1.807) is 16.9 Å². The summed E-state index contributed by atoms with van der Waals surface area (Å²) in [7, 11) is 0. The standard InChI is InChI=1S/C10H15N7/c1-7-4-8(11)2-3-16(7)10-6-12-5-9-13-14-15-17(9)10/h5-8H,2-4,11H2,1H3. The molecular weight excluding hydrogens is 218 g/mol. The molecule has 0 aromatic carbocycles. The Bertz CT molecular complexity index is 522. The van der Waals surface area contributed by atoms with Crippen molar-refractivity contribution >= 4 is 11.5 Å². The van der Waals surface area contributed by atoms with Crippen LogP contribution in [0.3, 0.4) is 0 Å². The molecule has 2 N–H and O–H groups in total. The maximum atomic E-state index is 5.97. The SMILES string of the molecule is CC1CC(N)CCN1c1cncc2nnnn12. The first-order chi connectivity index (χ1) is 8.25. The summed E-state index contributed by atoms with van der Waals surface area (Å²) in [4.78, 5) is 6.44. The molecular formula is C10H15N7. The molecule has 1 aliphatic heterocycles. The lowest BCUT2D eigenvalue weighted by atomic mass is 9.99. The normalized spacial score (nSPS) is 25.4. The van der Waals surface area contributed by atoms with Crippen LogP contribution in [-0.2, 0) is 0 Å². The van der Waals surface area contributed by atoms with E-state index in [4.69, 9.17) is 5.73 Å². The minimum atomic E-state index is 0.294. The summed E-state index contributed by atoms with van der Waals surface area (Å²) in [6, 6.07) is 0.678. The Morgan fingerprint density at radius 3 is 3.12 bits per heavy atom. The van der Waals surface area contributed by atoms with E-state index in [9.17, 15) is 0 Å². The van der Waals surface area contributed by atoms with Crippen LogP contribution < -0.4 is 10.6 Å². The average Bonchev–Trinajstić information content (AvgIpc) is 2.77. The third-order valence-corrected chi connectivity index (χ3v) is 3.30. The zero-order chi connectivity index (χ0) is 11.8. The van der Waals surface area contributed by atoms with Crippen molar-refractivity contribution in [3.63, 3.8) is 0 Å². The van der Waals surface area contributed by atoms with E-state index < -0.39 is 0 Å². The van der Waals surface area contributed by atoms with Crippen molar-refractivity contribution in [2.45, 2.75) is 31.8 Å². The Balaban J connectivity index is 2.00. The molecule has 0 bridgehead atoms. The quantitative estimate of drug-likeness (QED) is 0.736. The predicted molar refractivity (Wildman–Crippen MR) is 62.6 cm³/mol. The highest BCUT2D eigenvalue weighted by atomic mass is 15.5. The second-order valence-electron chi connectivity index (χ2n) is 4.54. The number of fused-ring (bicyclic) bond motifs is 1. The largest absolute Gasteiger partial charge is 0.352 e. The fourth-order valence-electron chi connectivity index (χ4n) is 2.41. The lowest BCUT2D eigenvalue weighted by Crippen LogP contribution is -2.46. The Hall–Kier alpha value is -1.76. The zero-order valence-corrected chi connectivity index (χ0v) is 9.69. The molecule has 2 aromatic heterocycles. The van der Waals surface area contributed by atoms with Crippen molar-refractivity contribution < 1.29 is 0 Å². The minimum absolute atomic E-state index is 0.294. The third-order valence-electron chi connectivity index (χ3n) is 3.30. The van der Waals surface area contributed by atoms with Crippen LogP contribution in [0, 0.1) is 0 Å². The van der Waals surface area contributed by atoms with Gasteiger partial charge in [0.15, 0.2) is 11.5 Å². The van der Waals surface area contributed by atoms with Gasteiger partial charge in [0, 0.05) is 18.6 Å². The molecule has 7 heteroatoms. The summed E-state index contributed by atoms with van der Waals surface area (Å²) in [6.07, 6.45) is 5.43. The van der Waals surface area contributed by atoms with E-state index >= 15 is 0 Å². The van der Waals surface area contributed by atoms with Crippen LogP contribution in [0.5, 0.6) is 0 Å². The molecule has 90 valence electrons. The van der Waals surface area contributed by atoms with Gasteiger partial charge >= 0.3 is 0 Å². The molecule has 0 radical (unpaired) electrons. The molecule has 0 amide bonds. The maximum absolute atomic E-state index is 5.97. The van der Waals surface area contributed by atoms with Gasteiger partial charge in [-0.15, -0.1) is 5.10 Å². The fraction of sp³-hybridized carbons (Fsp3) is 0.600. The molecule has 3 heterocycles. The van der Waals surface area contributed by atoms with E-state index in [0.29, 0.717) is 17.7 Å². The molecule has 0 saturated carbocycles. The number of nitrogens with zero attached hydrogens (tertiary/aromatic N) is 6. The van der Waals surface area contributed by atoms with Gasteiger partial charge in [-0.25, -0.2) is 0 Å². The van der Waals surface area contributed by atoms with Gasteiger partial charge in [-0.1, -0.05) is 0 Å².